The minimum atomic E-state index is -2.89. The van der Waals surface area contributed by atoms with Crippen molar-refractivity contribution in [3.8, 4) is 22.7 Å². The molecule has 0 N–H and O–H groups in total. The number of aromatic nitrogens is 5. The molecule has 0 spiro atoms. The number of alkyl halides is 3. The summed E-state index contributed by atoms with van der Waals surface area (Å²) in [7, 11) is 0. The number of hydrogen-bond donors (Lipinski definition) is 0. The third-order valence-corrected chi connectivity index (χ3v) is 6.26. The maximum Gasteiger partial charge on any atom is 0.314 e. The summed E-state index contributed by atoms with van der Waals surface area (Å²) in [6.07, 6.45) is -1.34. The van der Waals surface area contributed by atoms with Crippen molar-refractivity contribution in [1.29, 1.82) is 0 Å². The van der Waals surface area contributed by atoms with Crippen LogP contribution in [0.3, 0.4) is 0 Å². The molecular weight excluding hydrogens is 460 g/mol. The number of rotatable bonds is 7. The molecule has 0 bridgehead atoms. The van der Waals surface area contributed by atoms with E-state index in [0.29, 0.717) is 30.8 Å². The zero-order valence-electron chi connectivity index (χ0n) is 17.2. The molecule has 1 atom stereocenters. The van der Waals surface area contributed by atoms with Crippen LogP contribution in [0.15, 0.2) is 40.3 Å². The van der Waals surface area contributed by atoms with Crippen LogP contribution < -0.4 is 0 Å². The van der Waals surface area contributed by atoms with Crippen molar-refractivity contribution in [2.75, 3.05) is 13.1 Å². The summed E-state index contributed by atoms with van der Waals surface area (Å²) in [6, 6.07) is 6.19. The first-order valence-electron chi connectivity index (χ1n) is 10.2. The Balaban J connectivity index is 1.26. The van der Waals surface area contributed by atoms with Crippen molar-refractivity contribution in [2.24, 2.45) is 0 Å². The summed E-state index contributed by atoms with van der Waals surface area (Å²) in [5.74, 6) is -1.55. The lowest BCUT2D eigenvalue weighted by atomic mass is 10.1. The fourth-order valence-electron chi connectivity index (χ4n) is 3.68. The van der Waals surface area contributed by atoms with Gasteiger partial charge in [-0.1, -0.05) is 11.3 Å². The molecule has 1 aliphatic heterocycles. The number of likely N-dealkylation sites (tertiary alicyclic amines) is 1. The molecule has 5 rings (SSSR count). The van der Waals surface area contributed by atoms with Crippen molar-refractivity contribution in [3.05, 3.63) is 58.0 Å². The largest absolute Gasteiger partial charge is 0.415 e. The highest BCUT2D eigenvalue weighted by molar-refractivity contribution is 7.10. The Kier molecular flexibility index (Phi) is 5.94. The van der Waals surface area contributed by atoms with Crippen LogP contribution in [0.25, 0.3) is 22.7 Å². The predicted octanol–water partition coefficient (Wildman–Crippen LogP) is 4.73. The van der Waals surface area contributed by atoms with Gasteiger partial charge in [-0.15, -0.1) is 26.6 Å². The lowest BCUT2D eigenvalue weighted by molar-refractivity contribution is 0.116. The first-order chi connectivity index (χ1) is 15.9. The molecule has 33 heavy (non-hydrogen) atoms. The Labute approximate surface area is 189 Å². The minimum Gasteiger partial charge on any atom is -0.415 e. The van der Waals surface area contributed by atoms with Gasteiger partial charge in [-0.05, 0) is 24.6 Å². The van der Waals surface area contributed by atoms with Crippen LogP contribution in [0.1, 0.15) is 29.2 Å². The monoisotopic (exact) mass is 478 g/mol. The van der Waals surface area contributed by atoms with Gasteiger partial charge in [0.25, 0.3) is 5.89 Å². The topological polar surface area (TPSA) is 72.9 Å². The standard InChI is InChI=1S/C21H18F4N6OS/c22-15-3-4-30(8-15)9-16-5-14(11-33-16)18-10-31(29-26-18)7-13-2-1-12(6-17(13)23)20-27-28-21(32-20)19(24)25/h1-2,5-6,10-11,15,19H,3-4,7-9H2. The average Bonchev–Trinajstić information content (AvgIpc) is 3.57. The van der Waals surface area contributed by atoms with E-state index >= 15 is 0 Å². The summed E-state index contributed by atoms with van der Waals surface area (Å²) < 4.78 is 59.6. The lowest BCUT2D eigenvalue weighted by Gasteiger charge is -2.12. The molecule has 0 radical (unpaired) electrons. The maximum atomic E-state index is 14.6. The average molecular weight is 478 g/mol. The molecule has 0 aliphatic carbocycles. The van der Waals surface area contributed by atoms with E-state index in [1.165, 1.54) is 16.8 Å². The molecule has 0 amide bonds. The lowest BCUT2D eigenvalue weighted by Crippen LogP contribution is -2.19. The highest BCUT2D eigenvalue weighted by atomic mass is 32.1. The quantitative estimate of drug-likeness (QED) is 0.358. The normalized spacial score (nSPS) is 16.8. The molecule has 3 aromatic heterocycles. The molecule has 1 aromatic carbocycles. The zero-order chi connectivity index (χ0) is 22.9. The summed E-state index contributed by atoms with van der Waals surface area (Å²) in [4.78, 5) is 3.21. The number of thiophene rings is 1. The van der Waals surface area contributed by atoms with Crippen molar-refractivity contribution < 1.29 is 22.0 Å². The molecule has 1 unspecified atom stereocenters. The van der Waals surface area contributed by atoms with Gasteiger partial charge >= 0.3 is 6.43 Å². The molecule has 1 aliphatic rings. The molecular formula is C21H18F4N6OS. The molecule has 1 saturated heterocycles. The van der Waals surface area contributed by atoms with Crippen LogP contribution >= 0.6 is 11.3 Å². The van der Waals surface area contributed by atoms with E-state index in [4.69, 9.17) is 4.42 Å². The second-order valence-corrected chi connectivity index (χ2v) is 8.77. The van der Waals surface area contributed by atoms with E-state index in [1.807, 2.05) is 11.4 Å². The fraction of sp³-hybridized carbons (Fsp3) is 0.333. The molecule has 4 heterocycles. The van der Waals surface area contributed by atoms with E-state index in [2.05, 4.69) is 25.4 Å². The van der Waals surface area contributed by atoms with Gasteiger partial charge in [-0.3, -0.25) is 4.90 Å². The summed E-state index contributed by atoms with van der Waals surface area (Å²) in [5, 5.41) is 17.0. The summed E-state index contributed by atoms with van der Waals surface area (Å²) in [6.45, 7) is 2.06. The van der Waals surface area contributed by atoms with Crippen LogP contribution in [0, 0.1) is 5.82 Å². The van der Waals surface area contributed by atoms with Crippen molar-refractivity contribution in [2.45, 2.75) is 32.1 Å². The van der Waals surface area contributed by atoms with Crippen LogP contribution in [0.5, 0.6) is 0 Å². The van der Waals surface area contributed by atoms with Gasteiger partial charge in [0.05, 0.1) is 12.7 Å². The number of hydrogen-bond acceptors (Lipinski definition) is 7. The number of nitrogens with zero attached hydrogens (tertiary/aromatic N) is 6. The molecule has 1 fully saturated rings. The van der Waals surface area contributed by atoms with Crippen molar-refractivity contribution in [1.82, 2.24) is 30.1 Å². The van der Waals surface area contributed by atoms with Gasteiger partial charge in [-0.25, -0.2) is 13.5 Å². The molecule has 172 valence electrons. The van der Waals surface area contributed by atoms with Gasteiger partial charge in [0.15, 0.2) is 0 Å². The molecule has 0 saturated carbocycles. The van der Waals surface area contributed by atoms with Gasteiger partial charge in [0, 0.05) is 46.6 Å². The fourth-order valence-corrected chi connectivity index (χ4v) is 4.60. The molecule has 12 heteroatoms. The zero-order valence-corrected chi connectivity index (χ0v) is 18.0. The smallest absolute Gasteiger partial charge is 0.314 e. The third-order valence-electron chi connectivity index (χ3n) is 5.34. The van der Waals surface area contributed by atoms with Gasteiger partial charge in [-0.2, -0.15) is 8.78 Å². The van der Waals surface area contributed by atoms with Gasteiger partial charge in [0.1, 0.15) is 17.7 Å². The van der Waals surface area contributed by atoms with E-state index in [-0.39, 0.29) is 18.0 Å². The Morgan fingerprint density at radius 1 is 1.12 bits per heavy atom. The number of halogens is 4. The minimum absolute atomic E-state index is 0.133. The molecule has 7 nitrogen and oxygen atoms in total. The second kappa shape index (κ2) is 9.02. The highest BCUT2D eigenvalue weighted by Crippen LogP contribution is 2.27. The highest BCUT2D eigenvalue weighted by Gasteiger charge is 2.22. The second-order valence-electron chi connectivity index (χ2n) is 7.78. The van der Waals surface area contributed by atoms with Crippen LogP contribution in [0.2, 0.25) is 0 Å². The van der Waals surface area contributed by atoms with Crippen LogP contribution in [0.4, 0.5) is 17.6 Å². The van der Waals surface area contributed by atoms with Crippen LogP contribution in [-0.2, 0) is 13.1 Å². The summed E-state index contributed by atoms with van der Waals surface area (Å²) in [5.41, 5.74) is 2.10. The maximum absolute atomic E-state index is 14.6. The Morgan fingerprint density at radius 2 is 2.00 bits per heavy atom. The Morgan fingerprint density at radius 3 is 2.73 bits per heavy atom. The first kappa shape index (κ1) is 21.7. The van der Waals surface area contributed by atoms with Gasteiger partial charge < -0.3 is 4.42 Å². The van der Waals surface area contributed by atoms with Crippen LogP contribution in [-0.4, -0.2) is 49.4 Å². The number of benzene rings is 1. The van der Waals surface area contributed by atoms with Crippen molar-refractivity contribution in [3.63, 3.8) is 0 Å². The predicted molar refractivity (Wildman–Crippen MR) is 112 cm³/mol. The van der Waals surface area contributed by atoms with E-state index in [1.54, 1.807) is 17.5 Å². The van der Waals surface area contributed by atoms with E-state index < -0.39 is 24.3 Å². The Hall–Kier alpha value is -3.12. The summed E-state index contributed by atoms with van der Waals surface area (Å²) >= 11 is 1.58. The van der Waals surface area contributed by atoms with E-state index in [0.717, 1.165) is 23.1 Å². The van der Waals surface area contributed by atoms with E-state index in [9.17, 15) is 17.6 Å². The van der Waals surface area contributed by atoms with Crippen molar-refractivity contribution >= 4 is 11.3 Å². The third kappa shape index (κ3) is 4.81. The Bertz CT molecular complexity index is 1260. The molecule has 4 aromatic rings. The SMILES string of the molecule is Fc1cc(-c2nnc(C(F)F)o2)ccc1Cn1cc(-c2csc(CN3CCC(F)C3)c2)nn1. The first-order valence-corrected chi connectivity index (χ1v) is 11.1. The van der Waals surface area contributed by atoms with Gasteiger partial charge in [0.2, 0.25) is 5.89 Å².